The highest BCUT2D eigenvalue weighted by atomic mass is 35.5. The molecular weight excluding hydrogens is 188 g/mol. The first-order valence-electron chi connectivity index (χ1n) is 4.50. The molecular formula is C9H15ClN2O. The molecule has 0 bridgehead atoms. The van der Waals surface area contributed by atoms with E-state index in [4.69, 9.17) is 10.2 Å². The van der Waals surface area contributed by atoms with Gasteiger partial charge < -0.3 is 10.2 Å². The summed E-state index contributed by atoms with van der Waals surface area (Å²) >= 11 is 0. The van der Waals surface area contributed by atoms with Crippen LogP contribution in [0.15, 0.2) is 17.0 Å². The van der Waals surface area contributed by atoms with E-state index in [1.54, 1.807) is 0 Å². The highest BCUT2D eigenvalue weighted by molar-refractivity contribution is 5.85. The van der Waals surface area contributed by atoms with Crippen molar-refractivity contribution in [1.29, 1.82) is 0 Å². The molecule has 3 nitrogen and oxygen atoms in total. The minimum Gasteiger partial charge on any atom is -0.448 e. The Balaban J connectivity index is 0.000000845. The molecule has 2 rings (SSSR count). The van der Waals surface area contributed by atoms with Gasteiger partial charge in [-0.3, -0.25) is 0 Å². The van der Waals surface area contributed by atoms with Crippen molar-refractivity contribution in [3.05, 3.63) is 18.4 Å². The van der Waals surface area contributed by atoms with Crippen molar-refractivity contribution in [2.45, 2.75) is 37.6 Å². The van der Waals surface area contributed by atoms with Gasteiger partial charge in [0.25, 0.3) is 0 Å². The molecule has 0 saturated heterocycles. The van der Waals surface area contributed by atoms with Gasteiger partial charge in [0.15, 0.2) is 6.39 Å². The molecule has 0 aromatic carbocycles. The molecule has 0 unspecified atom stereocenters. The first-order chi connectivity index (χ1) is 5.86. The van der Waals surface area contributed by atoms with Crippen LogP contribution < -0.4 is 5.73 Å². The van der Waals surface area contributed by atoms with Crippen molar-refractivity contribution < 1.29 is 4.42 Å². The Kier molecular flexibility index (Phi) is 3.75. The lowest BCUT2D eigenvalue weighted by atomic mass is 9.85. The number of hydrogen-bond acceptors (Lipinski definition) is 3. The fourth-order valence-electron chi connectivity index (χ4n) is 1.83. The number of hydrogen-bond donors (Lipinski definition) is 1. The second-order valence-electron chi connectivity index (χ2n) is 3.52. The van der Waals surface area contributed by atoms with Crippen LogP contribution in [0.1, 0.15) is 37.4 Å². The van der Waals surface area contributed by atoms with Crippen LogP contribution in [0.2, 0.25) is 0 Å². The van der Waals surface area contributed by atoms with Gasteiger partial charge in [-0.2, -0.15) is 0 Å². The molecule has 1 fully saturated rings. The quantitative estimate of drug-likeness (QED) is 0.759. The number of oxazole rings is 1. The standard InChI is InChI=1S/C9H14N2O.ClH/c10-8-3-1-7(2-4-8)9-5-11-6-12-9;/h5-8H,1-4,10H2;1H. The summed E-state index contributed by atoms with van der Waals surface area (Å²) in [7, 11) is 0. The molecule has 0 aliphatic heterocycles. The number of halogens is 1. The van der Waals surface area contributed by atoms with Crippen LogP contribution in [0.4, 0.5) is 0 Å². The Morgan fingerprint density at radius 2 is 2.00 bits per heavy atom. The molecule has 74 valence electrons. The monoisotopic (exact) mass is 202 g/mol. The van der Waals surface area contributed by atoms with Gasteiger partial charge >= 0.3 is 0 Å². The minimum atomic E-state index is 0. The molecule has 13 heavy (non-hydrogen) atoms. The van der Waals surface area contributed by atoms with Gasteiger partial charge in [-0.25, -0.2) is 4.98 Å². The predicted molar refractivity (Wildman–Crippen MR) is 52.9 cm³/mol. The molecule has 1 heterocycles. The molecule has 1 aromatic heterocycles. The average molecular weight is 203 g/mol. The SMILES string of the molecule is Cl.NC1CCC(c2cnco2)CC1. The summed E-state index contributed by atoms with van der Waals surface area (Å²) in [5.41, 5.74) is 5.80. The Morgan fingerprint density at radius 1 is 1.31 bits per heavy atom. The van der Waals surface area contributed by atoms with Crippen LogP contribution in [0.25, 0.3) is 0 Å². The smallest absolute Gasteiger partial charge is 0.180 e. The summed E-state index contributed by atoms with van der Waals surface area (Å²) in [6.45, 7) is 0. The molecule has 4 heteroatoms. The Bertz CT molecular complexity index is 230. The second kappa shape index (κ2) is 4.63. The van der Waals surface area contributed by atoms with Crippen LogP contribution in [-0.2, 0) is 0 Å². The maximum atomic E-state index is 5.80. The second-order valence-corrected chi connectivity index (χ2v) is 3.52. The molecule has 1 aliphatic rings. The topological polar surface area (TPSA) is 52.0 Å². The summed E-state index contributed by atoms with van der Waals surface area (Å²) in [4.78, 5) is 3.92. The van der Waals surface area contributed by atoms with Crippen LogP contribution in [0.3, 0.4) is 0 Å². The first-order valence-corrected chi connectivity index (χ1v) is 4.50. The van der Waals surface area contributed by atoms with Crippen molar-refractivity contribution in [2.75, 3.05) is 0 Å². The van der Waals surface area contributed by atoms with Crippen molar-refractivity contribution in [3.8, 4) is 0 Å². The van der Waals surface area contributed by atoms with Gasteiger partial charge in [0.05, 0.1) is 6.20 Å². The Morgan fingerprint density at radius 3 is 2.54 bits per heavy atom. The summed E-state index contributed by atoms with van der Waals surface area (Å²) in [6, 6.07) is 0.407. The largest absolute Gasteiger partial charge is 0.448 e. The minimum absolute atomic E-state index is 0. The van der Waals surface area contributed by atoms with E-state index in [9.17, 15) is 0 Å². The number of rotatable bonds is 1. The van der Waals surface area contributed by atoms with E-state index in [0.29, 0.717) is 12.0 Å². The highest BCUT2D eigenvalue weighted by Gasteiger charge is 2.21. The van der Waals surface area contributed by atoms with Crippen LogP contribution in [0, 0.1) is 0 Å². The van der Waals surface area contributed by atoms with Gasteiger partial charge in [-0.1, -0.05) is 0 Å². The first kappa shape index (κ1) is 10.5. The normalized spacial score (nSPS) is 28.1. The molecule has 1 saturated carbocycles. The van der Waals surface area contributed by atoms with E-state index in [-0.39, 0.29) is 12.4 Å². The van der Waals surface area contributed by atoms with E-state index in [2.05, 4.69) is 4.98 Å². The zero-order valence-corrected chi connectivity index (χ0v) is 8.30. The zero-order valence-electron chi connectivity index (χ0n) is 7.48. The predicted octanol–water partition coefficient (Wildman–Crippen LogP) is 2.08. The lowest BCUT2D eigenvalue weighted by molar-refractivity contribution is 0.347. The molecule has 1 aromatic rings. The Labute approximate surface area is 84.1 Å². The fraction of sp³-hybridized carbons (Fsp3) is 0.667. The molecule has 0 spiro atoms. The van der Waals surface area contributed by atoms with Gasteiger partial charge in [0.2, 0.25) is 0 Å². The fourth-order valence-corrected chi connectivity index (χ4v) is 1.83. The lowest BCUT2D eigenvalue weighted by Gasteiger charge is -2.23. The highest BCUT2D eigenvalue weighted by Crippen LogP contribution is 2.31. The van der Waals surface area contributed by atoms with E-state index >= 15 is 0 Å². The maximum Gasteiger partial charge on any atom is 0.180 e. The van der Waals surface area contributed by atoms with Crippen molar-refractivity contribution >= 4 is 12.4 Å². The Hall–Kier alpha value is -0.540. The van der Waals surface area contributed by atoms with E-state index in [1.807, 2.05) is 6.20 Å². The number of nitrogens with two attached hydrogens (primary N) is 1. The molecule has 0 atom stereocenters. The van der Waals surface area contributed by atoms with E-state index in [1.165, 1.54) is 6.39 Å². The van der Waals surface area contributed by atoms with Gasteiger partial charge in [-0.05, 0) is 25.7 Å². The number of aromatic nitrogens is 1. The van der Waals surface area contributed by atoms with E-state index in [0.717, 1.165) is 31.4 Å². The van der Waals surface area contributed by atoms with Crippen LogP contribution in [0.5, 0.6) is 0 Å². The summed E-state index contributed by atoms with van der Waals surface area (Å²) in [6.07, 6.45) is 7.86. The third-order valence-corrected chi connectivity index (χ3v) is 2.63. The van der Waals surface area contributed by atoms with Crippen LogP contribution >= 0.6 is 12.4 Å². The third-order valence-electron chi connectivity index (χ3n) is 2.63. The average Bonchev–Trinajstić information content (AvgIpc) is 2.58. The summed E-state index contributed by atoms with van der Waals surface area (Å²) < 4.78 is 5.26. The van der Waals surface area contributed by atoms with Gasteiger partial charge in [0.1, 0.15) is 5.76 Å². The van der Waals surface area contributed by atoms with E-state index < -0.39 is 0 Å². The van der Waals surface area contributed by atoms with Crippen molar-refractivity contribution in [1.82, 2.24) is 4.98 Å². The molecule has 2 N–H and O–H groups in total. The molecule has 1 aliphatic carbocycles. The lowest BCUT2D eigenvalue weighted by Crippen LogP contribution is -2.25. The summed E-state index contributed by atoms with van der Waals surface area (Å²) in [5, 5.41) is 0. The van der Waals surface area contributed by atoms with Gasteiger partial charge in [0, 0.05) is 12.0 Å². The zero-order chi connectivity index (χ0) is 8.39. The number of nitrogens with zero attached hydrogens (tertiary/aromatic N) is 1. The third kappa shape index (κ3) is 2.45. The molecule has 0 amide bonds. The van der Waals surface area contributed by atoms with Gasteiger partial charge in [-0.15, -0.1) is 12.4 Å². The van der Waals surface area contributed by atoms with Crippen molar-refractivity contribution in [2.24, 2.45) is 5.73 Å². The maximum absolute atomic E-state index is 5.80. The molecule has 0 radical (unpaired) electrons. The van der Waals surface area contributed by atoms with Crippen molar-refractivity contribution in [3.63, 3.8) is 0 Å². The summed E-state index contributed by atoms with van der Waals surface area (Å²) in [5.74, 6) is 1.59. The van der Waals surface area contributed by atoms with Crippen LogP contribution in [-0.4, -0.2) is 11.0 Å².